The van der Waals surface area contributed by atoms with Crippen LogP contribution in [0.15, 0.2) is 48.5 Å². The van der Waals surface area contributed by atoms with Crippen LogP contribution >= 0.6 is 11.6 Å². The van der Waals surface area contributed by atoms with E-state index in [2.05, 4.69) is 24.4 Å². The number of hydrogen-bond donors (Lipinski definition) is 3. The minimum atomic E-state index is -0.0135. The molecule has 2 aromatic carbocycles. The maximum absolute atomic E-state index is 12.2. The molecule has 0 saturated carbocycles. The van der Waals surface area contributed by atoms with E-state index in [1.165, 1.54) is 5.56 Å². The summed E-state index contributed by atoms with van der Waals surface area (Å²) in [5.74, 6) is -0.0135. The first-order valence-corrected chi connectivity index (χ1v) is 9.87. The molecule has 1 fully saturated rings. The molecule has 4 N–H and O–H groups in total. The second-order valence-electron chi connectivity index (χ2n) is 7.03. The van der Waals surface area contributed by atoms with Crippen molar-refractivity contribution in [3.05, 3.63) is 64.7 Å². The molecule has 1 heterocycles. The first kappa shape index (κ1) is 19.8. The number of carbonyl (C=O) groups is 1. The highest BCUT2D eigenvalue weighted by Gasteiger charge is 2.15. The van der Waals surface area contributed by atoms with Gasteiger partial charge in [-0.1, -0.05) is 41.9 Å². The molecular weight excluding hydrogens is 362 g/mol. The molecule has 1 aliphatic rings. The number of amides is 1. The van der Waals surface area contributed by atoms with Gasteiger partial charge in [-0.15, -0.1) is 0 Å². The molecule has 1 aliphatic heterocycles. The molecule has 3 rings (SSSR count). The number of ether oxygens (including phenoxy) is 1. The number of quaternary nitrogens is 2. The molecule has 144 valence electrons. The Morgan fingerprint density at radius 2 is 1.89 bits per heavy atom. The smallest absolute Gasteiger partial charge is 0.279 e. The minimum Gasteiger partial charge on any atom is -0.370 e. The van der Waals surface area contributed by atoms with Crippen LogP contribution < -0.4 is 15.5 Å². The van der Waals surface area contributed by atoms with Crippen molar-refractivity contribution in [1.82, 2.24) is 0 Å². The van der Waals surface area contributed by atoms with E-state index in [1.54, 1.807) is 4.90 Å². The third-order valence-electron chi connectivity index (χ3n) is 4.94. The summed E-state index contributed by atoms with van der Waals surface area (Å²) in [5, 5.41) is 5.69. The fraction of sp³-hybridized carbons (Fsp3) is 0.381. The Morgan fingerprint density at radius 3 is 2.59 bits per heavy atom. The number of carbonyl (C=O) groups excluding carboxylic acids is 1. The van der Waals surface area contributed by atoms with E-state index in [4.69, 9.17) is 16.3 Å². The summed E-state index contributed by atoms with van der Waals surface area (Å²) in [6.45, 7) is 7.19. The van der Waals surface area contributed by atoms with E-state index in [9.17, 15) is 4.79 Å². The van der Waals surface area contributed by atoms with Crippen LogP contribution in [0.3, 0.4) is 0 Å². The predicted molar refractivity (Wildman–Crippen MR) is 107 cm³/mol. The van der Waals surface area contributed by atoms with Crippen LogP contribution in [0.4, 0.5) is 5.69 Å². The van der Waals surface area contributed by atoms with E-state index in [0.29, 0.717) is 6.54 Å². The molecule has 1 atom stereocenters. The predicted octanol–water partition coefficient (Wildman–Crippen LogP) is 1.02. The van der Waals surface area contributed by atoms with Crippen LogP contribution in [0.2, 0.25) is 5.02 Å². The Balaban J connectivity index is 1.45. The molecule has 0 radical (unpaired) electrons. The van der Waals surface area contributed by atoms with Crippen LogP contribution in [0, 0.1) is 0 Å². The molecule has 1 saturated heterocycles. The lowest BCUT2D eigenvalue weighted by Gasteiger charge is -2.23. The van der Waals surface area contributed by atoms with Crippen molar-refractivity contribution in [2.45, 2.75) is 19.5 Å². The number of halogens is 1. The fourth-order valence-electron chi connectivity index (χ4n) is 3.30. The zero-order chi connectivity index (χ0) is 19.1. The van der Waals surface area contributed by atoms with Crippen molar-refractivity contribution >= 4 is 23.2 Å². The van der Waals surface area contributed by atoms with Crippen LogP contribution in [0.1, 0.15) is 24.1 Å². The van der Waals surface area contributed by atoms with Crippen molar-refractivity contribution in [2.24, 2.45) is 0 Å². The van der Waals surface area contributed by atoms with Crippen LogP contribution in [-0.2, 0) is 16.1 Å². The zero-order valence-electron chi connectivity index (χ0n) is 15.7. The number of rotatable bonds is 7. The monoisotopic (exact) mass is 389 g/mol. The molecular formula is C21H28ClN3O2+2. The van der Waals surface area contributed by atoms with Crippen molar-refractivity contribution in [1.29, 1.82) is 0 Å². The van der Waals surface area contributed by atoms with Crippen molar-refractivity contribution in [3.8, 4) is 0 Å². The molecule has 0 spiro atoms. The van der Waals surface area contributed by atoms with E-state index in [1.807, 2.05) is 41.7 Å². The van der Waals surface area contributed by atoms with Gasteiger partial charge in [-0.25, -0.2) is 0 Å². The van der Waals surface area contributed by atoms with E-state index < -0.39 is 0 Å². The Bertz CT molecular complexity index is 745. The van der Waals surface area contributed by atoms with Crippen molar-refractivity contribution in [2.75, 3.05) is 38.2 Å². The Hall–Kier alpha value is -1.92. The van der Waals surface area contributed by atoms with E-state index >= 15 is 0 Å². The molecule has 5 nitrogen and oxygen atoms in total. The number of anilines is 1. The van der Waals surface area contributed by atoms with Crippen molar-refractivity contribution < 1.29 is 19.7 Å². The molecule has 6 heteroatoms. The largest absolute Gasteiger partial charge is 0.370 e. The highest BCUT2D eigenvalue weighted by Crippen LogP contribution is 2.19. The first-order chi connectivity index (χ1) is 13.1. The molecule has 0 aromatic heterocycles. The standard InChI is InChI=1S/C21H26ClN3O2/c1-16(19-4-2-3-5-20(19)22)23-14-21(26)24-18-8-6-17(7-9-18)15-25-10-12-27-13-11-25/h2-9,16,23H,10-15H2,1H3,(H,24,26)/p+2/t16-/m1/s1. The van der Waals surface area contributed by atoms with Gasteiger partial charge in [0.15, 0.2) is 6.54 Å². The van der Waals surface area contributed by atoms with Gasteiger partial charge < -0.3 is 20.3 Å². The Kier molecular flexibility index (Phi) is 7.24. The molecule has 2 aromatic rings. The lowest BCUT2D eigenvalue weighted by Crippen LogP contribution is -3.12. The molecule has 27 heavy (non-hydrogen) atoms. The quantitative estimate of drug-likeness (QED) is 0.662. The normalized spacial score (nSPS) is 16.1. The van der Waals surface area contributed by atoms with E-state index in [0.717, 1.165) is 49.1 Å². The maximum atomic E-state index is 12.2. The van der Waals surface area contributed by atoms with Gasteiger partial charge in [-0.2, -0.15) is 0 Å². The third kappa shape index (κ3) is 6.04. The summed E-state index contributed by atoms with van der Waals surface area (Å²) >= 11 is 6.22. The SMILES string of the molecule is C[C@@H]([NH2+]CC(=O)Nc1ccc(C[NH+]2CCOCC2)cc1)c1ccccc1Cl. The summed E-state index contributed by atoms with van der Waals surface area (Å²) in [6.07, 6.45) is 0. The van der Waals surface area contributed by atoms with Gasteiger partial charge in [0.1, 0.15) is 25.7 Å². The van der Waals surface area contributed by atoms with Crippen molar-refractivity contribution in [3.63, 3.8) is 0 Å². The summed E-state index contributed by atoms with van der Waals surface area (Å²) in [7, 11) is 0. The topological polar surface area (TPSA) is 59.4 Å². The number of nitrogens with two attached hydrogens (primary N) is 1. The summed E-state index contributed by atoms with van der Waals surface area (Å²) < 4.78 is 5.40. The van der Waals surface area contributed by atoms with Gasteiger partial charge in [0, 0.05) is 21.8 Å². The lowest BCUT2D eigenvalue weighted by atomic mass is 10.1. The van der Waals surface area contributed by atoms with Gasteiger partial charge in [0.2, 0.25) is 0 Å². The highest BCUT2D eigenvalue weighted by atomic mass is 35.5. The van der Waals surface area contributed by atoms with Gasteiger partial charge in [0.05, 0.1) is 13.2 Å². The van der Waals surface area contributed by atoms with Crippen LogP contribution in [0.5, 0.6) is 0 Å². The second-order valence-corrected chi connectivity index (χ2v) is 7.44. The highest BCUT2D eigenvalue weighted by molar-refractivity contribution is 6.31. The maximum Gasteiger partial charge on any atom is 0.279 e. The second kappa shape index (κ2) is 9.85. The average Bonchev–Trinajstić information content (AvgIpc) is 2.69. The van der Waals surface area contributed by atoms with E-state index in [-0.39, 0.29) is 11.9 Å². The zero-order valence-corrected chi connectivity index (χ0v) is 16.5. The molecule has 0 aliphatic carbocycles. The van der Waals surface area contributed by atoms with Crippen LogP contribution in [0.25, 0.3) is 0 Å². The van der Waals surface area contributed by atoms with Gasteiger partial charge in [-0.05, 0) is 25.1 Å². The van der Waals surface area contributed by atoms with Gasteiger partial charge in [-0.3, -0.25) is 4.79 Å². The Labute approximate surface area is 165 Å². The summed E-state index contributed by atoms with van der Waals surface area (Å²) in [4.78, 5) is 13.8. The molecule has 0 unspecified atom stereocenters. The average molecular weight is 390 g/mol. The number of hydrogen-bond acceptors (Lipinski definition) is 2. The lowest BCUT2D eigenvalue weighted by molar-refractivity contribution is -0.921. The van der Waals surface area contributed by atoms with Gasteiger partial charge >= 0.3 is 0 Å². The first-order valence-electron chi connectivity index (χ1n) is 9.49. The van der Waals surface area contributed by atoms with Crippen LogP contribution in [-0.4, -0.2) is 38.8 Å². The molecule has 0 bridgehead atoms. The summed E-state index contributed by atoms with van der Waals surface area (Å²) in [5.41, 5.74) is 3.16. The number of morpholine rings is 1. The Morgan fingerprint density at radius 1 is 1.19 bits per heavy atom. The molecule has 1 amide bonds. The minimum absolute atomic E-state index is 0.0135. The number of benzene rings is 2. The number of nitrogens with one attached hydrogen (secondary N) is 2. The third-order valence-corrected chi connectivity index (χ3v) is 5.29. The fourth-order valence-corrected chi connectivity index (χ4v) is 3.61. The summed E-state index contributed by atoms with van der Waals surface area (Å²) in [6, 6.07) is 16.0. The van der Waals surface area contributed by atoms with Gasteiger partial charge in [0.25, 0.3) is 5.91 Å².